The Morgan fingerprint density at radius 3 is 2.43 bits per heavy atom. The van der Waals surface area contributed by atoms with Gasteiger partial charge in [0.05, 0.1) is 27.3 Å². The number of benzene rings is 3. The number of hydrazone groups is 1. The molecule has 0 aromatic heterocycles. The van der Waals surface area contributed by atoms with Gasteiger partial charge in [0.15, 0.2) is 0 Å². The van der Waals surface area contributed by atoms with E-state index in [1.54, 1.807) is 43.4 Å². The second-order valence-electron chi connectivity index (χ2n) is 10.6. The number of sulfonamides is 1. The van der Waals surface area contributed by atoms with Crippen LogP contribution in [-0.4, -0.2) is 59.7 Å². The summed E-state index contributed by atoms with van der Waals surface area (Å²) >= 11 is 1.24. The van der Waals surface area contributed by atoms with Crippen LogP contribution in [-0.2, 0) is 16.4 Å². The lowest BCUT2D eigenvalue weighted by Gasteiger charge is -2.35. The molecule has 3 aromatic carbocycles. The van der Waals surface area contributed by atoms with Gasteiger partial charge in [0, 0.05) is 42.7 Å². The first-order valence-corrected chi connectivity index (χ1v) is 15.9. The zero-order chi connectivity index (χ0) is 30.2. The number of carbonyl (C=O) groups excluding carboxylic acids is 1. The van der Waals surface area contributed by atoms with Crippen molar-refractivity contribution in [2.24, 2.45) is 10.1 Å². The number of rotatable bonds is 6. The summed E-state index contributed by atoms with van der Waals surface area (Å²) in [5.41, 5.74) is 5.52. The monoisotopic (exact) mass is 606 g/mol. The maximum absolute atomic E-state index is 12.3. The number of fused-ring (bicyclic) bond motifs is 1. The number of anilines is 2. The van der Waals surface area contributed by atoms with Crippen molar-refractivity contribution in [3.63, 3.8) is 0 Å². The van der Waals surface area contributed by atoms with E-state index in [4.69, 9.17) is 4.99 Å². The van der Waals surface area contributed by atoms with E-state index in [1.807, 2.05) is 26.0 Å². The number of nitrogens with one attached hydrogen (secondary N) is 1. The summed E-state index contributed by atoms with van der Waals surface area (Å²) in [6.07, 6.45) is 2.78. The average molecular weight is 607 g/mol. The van der Waals surface area contributed by atoms with Crippen molar-refractivity contribution >= 4 is 61.3 Å². The first-order valence-electron chi connectivity index (χ1n) is 13.2. The van der Waals surface area contributed by atoms with Gasteiger partial charge >= 0.3 is 5.24 Å². The molecule has 218 valence electrons. The molecule has 0 spiro atoms. The van der Waals surface area contributed by atoms with Crippen LogP contribution in [0.4, 0.5) is 27.5 Å². The molecule has 0 fully saturated rings. The topological polar surface area (TPSA) is 138 Å². The molecule has 13 heteroatoms. The number of amidine groups is 1. The summed E-state index contributed by atoms with van der Waals surface area (Å²) in [5, 5.41) is 17.2. The van der Waals surface area contributed by atoms with E-state index in [0.717, 1.165) is 41.6 Å². The predicted octanol–water partition coefficient (Wildman–Crippen LogP) is 5.78. The van der Waals surface area contributed by atoms with Crippen molar-refractivity contribution in [3.05, 3.63) is 93.5 Å². The van der Waals surface area contributed by atoms with Crippen LogP contribution < -0.4 is 9.62 Å². The van der Waals surface area contributed by atoms with E-state index in [1.165, 1.54) is 28.9 Å². The Hall–Kier alpha value is -4.23. The molecule has 42 heavy (non-hydrogen) atoms. The fraction of sp³-hybridized carbons (Fsp3) is 0.276. The highest BCUT2D eigenvalue weighted by Gasteiger charge is 2.37. The number of nitro benzene ring substituents is 1. The first kappa shape index (κ1) is 29.3. The van der Waals surface area contributed by atoms with Gasteiger partial charge in [0.25, 0.3) is 5.69 Å². The maximum Gasteiger partial charge on any atom is 0.302 e. The Balaban J connectivity index is 1.57. The highest BCUT2D eigenvalue weighted by Crippen LogP contribution is 2.38. The van der Waals surface area contributed by atoms with Crippen molar-refractivity contribution < 1.29 is 18.1 Å². The molecule has 0 unspecified atom stereocenters. The number of hydrogen-bond donors (Lipinski definition) is 1. The third-order valence-electron chi connectivity index (χ3n) is 6.90. The molecule has 0 bridgehead atoms. The Morgan fingerprint density at radius 1 is 1.10 bits per heavy atom. The van der Waals surface area contributed by atoms with Gasteiger partial charge in [-0.05, 0) is 86.3 Å². The average Bonchev–Trinajstić information content (AvgIpc) is 2.93. The normalized spacial score (nSPS) is 17.0. The summed E-state index contributed by atoms with van der Waals surface area (Å²) in [4.78, 5) is 30.2. The number of thioether (sulfide) groups is 1. The minimum atomic E-state index is -3.42. The molecule has 3 aromatic rings. The van der Waals surface area contributed by atoms with Crippen LogP contribution in [0, 0.1) is 10.1 Å². The minimum absolute atomic E-state index is 0.0184. The number of nitro groups is 1. The lowest BCUT2D eigenvalue weighted by molar-refractivity contribution is -0.384. The van der Waals surface area contributed by atoms with Crippen molar-refractivity contribution in [2.75, 3.05) is 29.5 Å². The number of nitrogens with zero attached hydrogens (tertiary/aromatic N) is 5. The van der Waals surface area contributed by atoms with Gasteiger partial charge in [-0.2, -0.15) is 5.10 Å². The van der Waals surface area contributed by atoms with Crippen LogP contribution >= 0.6 is 11.8 Å². The fourth-order valence-corrected chi connectivity index (χ4v) is 6.40. The number of carbonyl (C=O) groups is 1. The van der Waals surface area contributed by atoms with E-state index in [0.29, 0.717) is 29.3 Å². The second-order valence-corrected chi connectivity index (χ2v) is 13.9. The van der Waals surface area contributed by atoms with Crippen molar-refractivity contribution in [3.8, 4) is 0 Å². The summed E-state index contributed by atoms with van der Waals surface area (Å²) < 4.78 is 25.2. The van der Waals surface area contributed by atoms with Gasteiger partial charge in [0.2, 0.25) is 10.0 Å². The molecule has 0 aliphatic carbocycles. The fourth-order valence-electron chi connectivity index (χ4n) is 4.97. The molecule has 2 aliphatic rings. The molecule has 0 saturated carbocycles. The summed E-state index contributed by atoms with van der Waals surface area (Å²) in [6.45, 7) is 4.65. The van der Waals surface area contributed by atoms with Crippen molar-refractivity contribution in [1.29, 1.82) is 0 Å². The lowest BCUT2D eigenvalue weighted by atomic mass is 9.93. The molecule has 2 heterocycles. The van der Waals surface area contributed by atoms with Gasteiger partial charge < -0.3 is 4.90 Å². The Labute approximate surface area is 248 Å². The van der Waals surface area contributed by atoms with Gasteiger partial charge in [0.1, 0.15) is 5.84 Å². The quantitative estimate of drug-likeness (QED) is 0.163. The number of hydrogen-bond acceptors (Lipinski definition) is 8. The van der Waals surface area contributed by atoms with E-state index in [2.05, 4.69) is 20.8 Å². The second kappa shape index (κ2) is 11.2. The van der Waals surface area contributed by atoms with Crippen LogP contribution in [0.15, 0.2) is 76.8 Å². The van der Waals surface area contributed by atoms with Gasteiger partial charge in [-0.1, -0.05) is 17.8 Å². The molecule has 1 N–H and O–H groups in total. The van der Waals surface area contributed by atoms with Gasteiger partial charge in [-0.3, -0.25) is 19.6 Å². The third-order valence-corrected chi connectivity index (χ3v) is 8.65. The molecule has 2 aliphatic heterocycles. The molecular weight excluding hydrogens is 576 g/mol. The predicted molar refractivity (Wildman–Crippen MR) is 168 cm³/mol. The molecular formula is C29H30N6O5S2. The molecule has 5 rings (SSSR count). The molecule has 11 nitrogen and oxygen atoms in total. The van der Waals surface area contributed by atoms with E-state index >= 15 is 0 Å². The Kier molecular flexibility index (Phi) is 7.82. The lowest BCUT2D eigenvalue weighted by Crippen LogP contribution is -2.40. The highest BCUT2D eigenvalue weighted by atomic mass is 32.2. The largest absolute Gasteiger partial charge is 0.326 e. The summed E-state index contributed by atoms with van der Waals surface area (Å²) in [6, 6.07) is 19.1. The zero-order valence-electron chi connectivity index (χ0n) is 23.6. The zero-order valence-corrected chi connectivity index (χ0v) is 25.2. The van der Waals surface area contributed by atoms with Crippen LogP contribution in [0.25, 0.3) is 0 Å². The van der Waals surface area contributed by atoms with Crippen molar-refractivity contribution in [2.45, 2.75) is 31.4 Å². The van der Waals surface area contributed by atoms with E-state index in [-0.39, 0.29) is 10.9 Å². The Bertz CT molecular complexity index is 1720. The molecule has 0 saturated heterocycles. The molecule has 0 atom stereocenters. The molecule has 1 amide bonds. The number of amides is 1. The number of aryl methyl sites for hydroxylation is 1. The Morgan fingerprint density at radius 2 is 1.79 bits per heavy atom. The smallest absolute Gasteiger partial charge is 0.302 e. The van der Waals surface area contributed by atoms with Gasteiger partial charge in [-0.15, -0.1) is 0 Å². The van der Waals surface area contributed by atoms with Gasteiger partial charge in [-0.25, -0.2) is 18.4 Å². The highest BCUT2D eigenvalue weighted by molar-refractivity contribution is 8.15. The van der Waals surface area contributed by atoms with Crippen LogP contribution in [0.1, 0.15) is 37.0 Å². The standard InChI is InChI=1S/C29H30N6O5S2/c1-29(2)26(31-33(3)28(36)41-29)21-9-16-25-20(18-21)6-5-17-34(25)27(19-7-14-24(15-8-19)35(37)38)30-22-10-12-23(13-11-22)32-42(4,39)40/h7-16,18,32H,5-6,17H2,1-4H3/b30-27-. The van der Waals surface area contributed by atoms with Crippen LogP contribution in [0.5, 0.6) is 0 Å². The SMILES string of the molecule is CN1N=C(c2ccc3c(c2)CCCN3/C(=N\c2ccc(NS(C)(=O)=O)cc2)c2ccc([N+](=O)[O-])cc2)C(C)(C)SC1=O. The molecule has 0 radical (unpaired) electrons. The summed E-state index contributed by atoms with van der Waals surface area (Å²) in [5.74, 6) is 0.610. The number of non-ortho nitro benzene ring substituents is 1. The van der Waals surface area contributed by atoms with Crippen molar-refractivity contribution in [1.82, 2.24) is 5.01 Å². The maximum atomic E-state index is 12.3. The summed E-state index contributed by atoms with van der Waals surface area (Å²) in [7, 11) is -1.77. The first-order chi connectivity index (χ1) is 19.8. The van der Waals surface area contributed by atoms with Crippen LogP contribution in [0.3, 0.4) is 0 Å². The van der Waals surface area contributed by atoms with Crippen LogP contribution in [0.2, 0.25) is 0 Å². The third kappa shape index (κ3) is 6.31. The van der Waals surface area contributed by atoms with E-state index < -0.39 is 19.7 Å². The van der Waals surface area contributed by atoms with E-state index in [9.17, 15) is 23.3 Å². The number of aliphatic imine (C=N–C) groups is 1. The minimum Gasteiger partial charge on any atom is -0.326 e.